The minimum absolute atomic E-state index is 0.398. The molecular weight excluding hydrogens is 388 g/mol. The number of hydrogen-bond donors (Lipinski definition) is 1. The molecule has 0 atom stereocenters. The molecule has 0 aliphatic rings. The summed E-state index contributed by atoms with van der Waals surface area (Å²) in [4.78, 5) is 8.48. The summed E-state index contributed by atoms with van der Waals surface area (Å²) >= 11 is 1.64. The first-order valence-electron chi connectivity index (χ1n) is 8.98. The summed E-state index contributed by atoms with van der Waals surface area (Å²) in [6, 6.07) is 11.1. The molecule has 0 aliphatic carbocycles. The molecule has 144 valence electrons. The lowest BCUT2D eigenvalue weighted by Crippen LogP contribution is -2.07. The van der Waals surface area contributed by atoms with Crippen LogP contribution >= 0.6 is 11.3 Å². The molecule has 0 amide bonds. The van der Waals surface area contributed by atoms with Gasteiger partial charge in [0.05, 0.1) is 18.3 Å². The van der Waals surface area contributed by atoms with Gasteiger partial charge >= 0.3 is 0 Å². The van der Waals surface area contributed by atoms with Gasteiger partial charge in [-0.05, 0) is 35.7 Å². The Kier molecular flexibility index (Phi) is 4.45. The van der Waals surface area contributed by atoms with Crippen LogP contribution < -0.4 is 10.1 Å². The summed E-state index contributed by atoms with van der Waals surface area (Å²) in [6.45, 7) is 1.18. The number of hydrogen-bond acceptors (Lipinski definition) is 7. The summed E-state index contributed by atoms with van der Waals surface area (Å²) in [5.74, 6) is 1.21. The molecule has 0 radical (unpaired) electrons. The lowest BCUT2D eigenvalue weighted by atomic mass is 10.1. The Hall–Kier alpha value is -3.65. The second kappa shape index (κ2) is 7.40. The fourth-order valence-corrected chi connectivity index (χ4v) is 3.92. The van der Waals surface area contributed by atoms with Crippen LogP contribution in [0.3, 0.4) is 0 Å². The molecule has 0 saturated carbocycles. The van der Waals surface area contributed by atoms with Crippen molar-refractivity contribution in [3.8, 4) is 17.2 Å². The molecule has 0 aliphatic heterocycles. The lowest BCUT2D eigenvalue weighted by Gasteiger charge is -2.09. The maximum absolute atomic E-state index is 9.55. The van der Waals surface area contributed by atoms with Crippen LogP contribution in [-0.2, 0) is 6.54 Å². The summed E-state index contributed by atoms with van der Waals surface area (Å²) in [6.07, 6.45) is 7.17. The first-order chi connectivity index (χ1) is 14.3. The Balaban J connectivity index is 1.47. The quantitative estimate of drug-likeness (QED) is 0.349. The van der Waals surface area contributed by atoms with Gasteiger partial charge in [0.25, 0.3) is 0 Å². The maximum Gasteiger partial charge on any atom is 0.155 e. The highest BCUT2D eigenvalue weighted by atomic mass is 32.1. The van der Waals surface area contributed by atoms with Crippen molar-refractivity contribution in [1.82, 2.24) is 14.5 Å². The summed E-state index contributed by atoms with van der Waals surface area (Å²) in [5.41, 5.74) is 1.28. The van der Waals surface area contributed by atoms with Crippen LogP contribution in [0.2, 0.25) is 0 Å². The molecule has 5 rings (SSSR count). The zero-order valence-corrected chi connectivity index (χ0v) is 16.0. The molecule has 5 aromatic rings. The van der Waals surface area contributed by atoms with E-state index in [1.54, 1.807) is 29.9 Å². The number of thiophene rings is 1. The van der Waals surface area contributed by atoms with Crippen molar-refractivity contribution in [2.45, 2.75) is 6.54 Å². The number of aromatic nitrogens is 3. The number of pyridine rings is 1. The molecule has 0 spiro atoms. The Morgan fingerprint density at radius 2 is 2.17 bits per heavy atom. The summed E-state index contributed by atoms with van der Waals surface area (Å²) in [7, 11) is 0. The predicted octanol–water partition coefficient (Wildman–Crippen LogP) is 4.27. The van der Waals surface area contributed by atoms with Crippen molar-refractivity contribution in [2.24, 2.45) is 5.16 Å². The molecule has 7 nitrogen and oxygen atoms in total. The number of imidazole rings is 1. The minimum Gasteiger partial charge on any atom is -0.492 e. The van der Waals surface area contributed by atoms with E-state index in [4.69, 9.17) is 9.15 Å². The Morgan fingerprint density at radius 1 is 1.21 bits per heavy atom. The third kappa shape index (κ3) is 3.45. The first kappa shape index (κ1) is 17.4. The number of ether oxygens (including phenoxy) is 1. The van der Waals surface area contributed by atoms with Gasteiger partial charge < -0.3 is 18.9 Å². The van der Waals surface area contributed by atoms with Crippen LogP contribution in [-0.4, -0.2) is 26.3 Å². The van der Waals surface area contributed by atoms with Gasteiger partial charge in [-0.1, -0.05) is 5.16 Å². The van der Waals surface area contributed by atoms with E-state index in [0.29, 0.717) is 46.7 Å². The van der Waals surface area contributed by atoms with E-state index < -0.39 is 0 Å². The third-order valence-electron chi connectivity index (χ3n) is 4.59. The van der Waals surface area contributed by atoms with E-state index in [9.17, 15) is 5.21 Å². The van der Waals surface area contributed by atoms with E-state index in [2.05, 4.69) is 15.1 Å². The molecule has 0 bridgehead atoms. The van der Waals surface area contributed by atoms with Crippen LogP contribution in [0.25, 0.3) is 32.5 Å². The van der Waals surface area contributed by atoms with E-state index in [-0.39, 0.29) is 0 Å². The van der Waals surface area contributed by atoms with Gasteiger partial charge in [-0.3, -0.25) is 4.98 Å². The standard InChI is InChI=1S/C21H16N4O3S/c26-24-17-10-20(18-11-21-14(12-23-18)3-8-29-21)28-19-2-1-15(9-16(17)19)27-7-6-25-5-4-22-13-25/h1-5,8-13,26H,6-7H2. The van der Waals surface area contributed by atoms with Crippen molar-refractivity contribution in [3.05, 3.63) is 72.1 Å². The molecule has 1 N–H and O–H groups in total. The fourth-order valence-electron chi connectivity index (χ4n) is 3.12. The topological polar surface area (TPSA) is 85.7 Å². The summed E-state index contributed by atoms with van der Waals surface area (Å²) in [5, 5.41) is 17.2. The summed E-state index contributed by atoms with van der Waals surface area (Å²) < 4.78 is 14.9. The molecule has 4 aromatic heterocycles. The highest BCUT2D eigenvalue weighted by Crippen LogP contribution is 2.27. The van der Waals surface area contributed by atoms with Gasteiger partial charge in [-0.15, -0.1) is 11.3 Å². The molecule has 29 heavy (non-hydrogen) atoms. The van der Waals surface area contributed by atoms with E-state index in [1.807, 2.05) is 52.7 Å². The largest absolute Gasteiger partial charge is 0.492 e. The zero-order valence-electron chi connectivity index (χ0n) is 15.2. The Bertz CT molecular complexity index is 1360. The van der Waals surface area contributed by atoms with E-state index in [0.717, 1.165) is 10.1 Å². The van der Waals surface area contributed by atoms with Crippen LogP contribution in [0.1, 0.15) is 0 Å². The number of nitrogens with zero attached hydrogens (tertiary/aromatic N) is 4. The van der Waals surface area contributed by atoms with Crippen molar-refractivity contribution < 1.29 is 14.4 Å². The number of benzene rings is 1. The second-order valence-corrected chi connectivity index (χ2v) is 7.38. The van der Waals surface area contributed by atoms with Gasteiger partial charge in [0.1, 0.15) is 29.0 Å². The maximum atomic E-state index is 9.55. The van der Waals surface area contributed by atoms with Crippen molar-refractivity contribution in [3.63, 3.8) is 0 Å². The van der Waals surface area contributed by atoms with Crippen LogP contribution in [0.4, 0.5) is 0 Å². The normalized spacial score (nSPS) is 12.1. The van der Waals surface area contributed by atoms with Gasteiger partial charge in [0, 0.05) is 34.7 Å². The predicted molar refractivity (Wildman–Crippen MR) is 110 cm³/mol. The van der Waals surface area contributed by atoms with Crippen LogP contribution in [0.5, 0.6) is 5.75 Å². The molecule has 0 saturated heterocycles. The number of fused-ring (bicyclic) bond motifs is 2. The SMILES string of the molecule is ON=c1cc(-c2cc3sccc3cn2)oc2ccc(OCCn3ccnc3)cc12. The Labute approximate surface area is 169 Å². The van der Waals surface area contributed by atoms with Gasteiger partial charge in [0.15, 0.2) is 5.76 Å². The highest BCUT2D eigenvalue weighted by Gasteiger charge is 2.10. The molecule has 8 heteroatoms. The average molecular weight is 404 g/mol. The van der Waals surface area contributed by atoms with E-state index >= 15 is 0 Å². The second-order valence-electron chi connectivity index (χ2n) is 6.43. The van der Waals surface area contributed by atoms with Crippen molar-refractivity contribution in [2.75, 3.05) is 6.61 Å². The molecular formula is C21H16N4O3S. The average Bonchev–Trinajstić information content (AvgIpc) is 3.44. The highest BCUT2D eigenvalue weighted by molar-refractivity contribution is 7.17. The molecule has 1 aromatic carbocycles. The molecule has 0 fully saturated rings. The minimum atomic E-state index is 0.398. The van der Waals surface area contributed by atoms with Gasteiger partial charge in [0.2, 0.25) is 0 Å². The Morgan fingerprint density at radius 3 is 3.03 bits per heavy atom. The lowest BCUT2D eigenvalue weighted by molar-refractivity contribution is 0.298. The van der Waals surface area contributed by atoms with Crippen LogP contribution in [0.15, 0.2) is 76.3 Å². The van der Waals surface area contributed by atoms with Crippen LogP contribution in [0, 0.1) is 0 Å². The van der Waals surface area contributed by atoms with E-state index in [1.165, 1.54) is 0 Å². The number of rotatable bonds is 5. The monoisotopic (exact) mass is 404 g/mol. The molecule has 0 unspecified atom stereocenters. The van der Waals surface area contributed by atoms with Gasteiger partial charge in [-0.25, -0.2) is 4.98 Å². The van der Waals surface area contributed by atoms with Crippen molar-refractivity contribution >= 4 is 32.4 Å². The van der Waals surface area contributed by atoms with Crippen molar-refractivity contribution in [1.29, 1.82) is 0 Å². The zero-order chi connectivity index (χ0) is 19.6. The molecule has 4 heterocycles. The first-order valence-corrected chi connectivity index (χ1v) is 9.86. The fraction of sp³-hybridized carbons (Fsp3) is 0.0952. The smallest absolute Gasteiger partial charge is 0.155 e. The van der Waals surface area contributed by atoms with Gasteiger partial charge in [-0.2, -0.15) is 0 Å². The third-order valence-corrected chi connectivity index (χ3v) is 5.47.